The van der Waals surface area contributed by atoms with E-state index in [0.29, 0.717) is 31.5 Å². The molecular formula is C18H20N2O4S. The van der Waals surface area contributed by atoms with Gasteiger partial charge in [-0.2, -0.15) is 0 Å². The number of likely N-dealkylation sites (tertiary alicyclic amines) is 1. The molecule has 0 spiro atoms. The third-order valence-corrected chi connectivity index (χ3v) is 5.79. The Hall–Kier alpha value is -2.38. The van der Waals surface area contributed by atoms with E-state index in [9.17, 15) is 18.3 Å². The Morgan fingerprint density at radius 1 is 1.04 bits per heavy atom. The summed E-state index contributed by atoms with van der Waals surface area (Å²) in [5.74, 6) is -0.100. The maximum absolute atomic E-state index is 12.4. The van der Waals surface area contributed by atoms with Crippen molar-refractivity contribution in [3.8, 4) is 5.75 Å². The van der Waals surface area contributed by atoms with Crippen molar-refractivity contribution in [2.24, 2.45) is 0 Å². The molecule has 1 heterocycles. The van der Waals surface area contributed by atoms with Crippen molar-refractivity contribution >= 4 is 15.9 Å². The van der Waals surface area contributed by atoms with Crippen LogP contribution in [0, 0.1) is 0 Å². The minimum absolute atomic E-state index is 0.0522. The third kappa shape index (κ3) is 4.18. The lowest BCUT2D eigenvalue weighted by atomic mass is 10.0. The molecule has 25 heavy (non-hydrogen) atoms. The molecule has 0 saturated carbocycles. The van der Waals surface area contributed by atoms with Gasteiger partial charge < -0.3 is 10.0 Å². The molecule has 1 aliphatic rings. The number of amides is 1. The van der Waals surface area contributed by atoms with Gasteiger partial charge in [-0.15, -0.1) is 0 Å². The minimum Gasteiger partial charge on any atom is -0.508 e. The number of hydrogen-bond donors (Lipinski definition) is 2. The molecule has 0 aliphatic carbocycles. The minimum atomic E-state index is -3.54. The maximum Gasteiger partial charge on any atom is 0.253 e. The Labute approximate surface area is 147 Å². The van der Waals surface area contributed by atoms with Crippen LogP contribution in [0.2, 0.25) is 0 Å². The quantitative estimate of drug-likeness (QED) is 0.873. The van der Waals surface area contributed by atoms with E-state index in [0.717, 1.165) is 0 Å². The van der Waals surface area contributed by atoms with Gasteiger partial charge in [-0.05, 0) is 43.2 Å². The molecule has 7 heteroatoms. The van der Waals surface area contributed by atoms with Crippen molar-refractivity contribution in [1.82, 2.24) is 9.62 Å². The van der Waals surface area contributed by atoms with Crippen molar-refractivity contribution in [1.29, 1.82) is 0 Å². The fourth-order valence-electron chi connectivity index (χ4n) is 2.91. The third-order valence-electron chi connectivity index (χ3n) is 4.25. The van der Waals surface area contributed by atoms with Gasteiger partial charge in [-0.25, -0.2) is 13.1 Å². The molecule has 1 fully saturated rings. The zero-order valence-corrected chi connectivity index (χ0v) is 14.4. The first-order valence-corrected chi connectivity index (χ1v) is 9.60. The van der Waals surface area contributed by atoms with E-state index in [-0.39, 0.29) is 22.6 Å². The summed E-state index contributed by atoms with van der Waals surface area (Å²) < 4.78 is 27.4. The summed E-state index contributed by atoms with van der Waals surface area (Å²) in [6, 6.07) is 14.3. The molecule has 2 aromatic rings. The molecule has 6 nitrogen and oxygen atoms in total. The van der Waals surface area contributed by atoms with Gasteiger partial charge >= 0.3 is 0 Å². The second-order valence-corrected chi connectivity index (χ2v) is 7.77. The normalized spacial score (nSPS) is 15.9. The van der Waals surface area contributed by atoms with E-state index in [1.165, 1.54) is 12.1 Å². The highest BCUT2D eigenvalue weighted by Gasteiger charge is 2.27. The fourth-order valence-corrected chi connectivity index (χ4v) is 4.24. The number of aromatic hydroxyl groups is 1. The van der Waals surface area contributed by atoms with Crippen LogP contribution in [0.3, 0.4) is 0 Å². The number of nitrogens with zero attached hydrogens (tertiary/aromatic N) is 1. The molecule has 3 rings (SSSR count). The molecular weight excluding hydrogens is 340 g/mol. The number of carbonyl (C=O) groups excluding carboxylic acids is 1. The average molecular weight is 360 g/mol. The maximum atomic E-state index is 12.4. The smallest absolute Gasteiger partial charge is 0.253 e. The van der Waals surface area contributed by atoms with E-state index < -0.39 is 10.0 Å². The molecule has 0 atom stereocenters. The highest BCUT2D eigenvalue weighted by atomic mass is 32.2. The summed E-state index contributed by atoms with van der Waals surface area (Å²) in [7, 11) is -3.54. The highest BCUT2D eigenvalue weighted by Crippen LogP contribution is 2.18. The summed E-state index contributed by atoms with van der Waals surface area (Å²) in [6.45, 7) is 0.937. The topological polar surface area (TPSA) is 86.7 Å². The molecule has 2 N–H and O–H groups in total. The van der Waals surface area contributed by atoms with E-state index in [4.69, 9.17) is 0 Å². The highest BCUT2D eigenvalue weighted by molar-refractivity contribution is 7.89. The van der Waals surface area contributed by atoms with Crippen LogP contribution in [0.25, 0.3) is 0 Å². The van der Waals surface area contributed by atoms with Gasteiger partial charge in [0, 0.05) is 24.7 Å². The Balaban J connectivity index is 1.60. The molecule has 0 bridgehead atoms. The Morgan fingerprint density at radius 2 is 1.72 bits per heavy atom. The van der Waals surface area contributed by atoms with Crippen molar-refractivity contribution in [3.05, 3.63) is 60.2 Å². The molecule has 1 aliphatic heterocycles. The number of rotatable bonds is 4. The van der Waals surface area contributed by atoms with Crippen LogP contribution in [0.5, 0.6) is 5.75 Å². The lowest BCUT2D eigenvalue weighted by Gasteiger charge is -2.32. The van der Waals surface area contributed by atoms with Crippen LogP contribution in [0.1, 0.15) is 23.2 Å². The van der Waals surface area contributed by atoms with Gasteiger partial charge in [0.1, 0.15) is 5.75 Å². The fraction of sp³-hybridized carbons (Fsp3) is 0.278. The first kappa shape index (κ1) is 17.4. The Kier molecular flexibility index (Phi) is 5.06. The van der Waals surface area contributed by atoms with Crippen molar-refractivity contribution in [3.63, 3.8) is 0 Å². The number of piperidine rings is 1. The summed E-state index contributed by atoms with van der Waals surface area (Å²) in [5.41, 5.74) is 0.434. The summed E-state index contributed by atoms with van der Waals surface area (Å²) in [6.07, 6.45) is 1.10. The van der Waals surface area contributed by atoms with Gasteiger partial charge in [-0.3, -0.25) is 4.79 Å². The van der Waals surface area contributed by atoms with E-state index in [2.05, 4.69) is 4.72 Å². The van der Waals surface area contributed by atoms with Crippen LogP contribution in [-0.4, -0.2) is 43.5 Å². The monoisotopic (exact) mass is 360 g/mol. The molecule has 1 saturated heterocycles. The summed E-state index contributed by atoms with van der Waals surface area (Å²) >= 11 is 0. The van der Waals surface area contributed by atoms with Gasteiger partial charge in [0.2, 0.25) is 10.0 Å². The number of phenols is 1. The summed E-state index contributed by atoms with van der Waals surface area (Å²) in [5, 5.41) is 9.49. The lowest BCUT2D eigenvalue weighted by Crippen LogP contribution is -2.46. The Morgan fingerprint density at radius 3 is 2.36 bits per heavy atom. The molecule has 0 aromatic heterocycles. The second-order valence-electron chi connectivity index (χ2n) is 6.05. The van der Waals surface area contributed by atoms with Crippen molar-refractivity contribution < 1.29 is 18.3 Å². The predicted molar refractivity (Wildman–Crippen MR) is 93.8 cm³/mol. The van der Waals surface area contributed by atoms with E-state index in [1.807, 2.05) is 0 Å². The van der Waals surface area contributed by atoms with Crippen LogP contribution < -0.4 is 4.72 Å². The van der Waals surface area contributed by atoms with Gasteiger partial charge in [-0.1, -0.05) is 24.3 Å². The predicted octanol–water partition coefficient (Wildman–Crippen LogP) is 1.98. The second kappa shape index (κ2) is 7.25. The average Bonchev–Trinajstić information content (AvgIpc) is 2.62. The lowest BCUT2D eigenvalue weighted by molar-refractivity contribution is 0.0711. The first-order valence-electron chi connectivity index (χ1n) is 8.11. The zero-order valence-electron chi connectivity index (χ0n) is 13.6. The summed E-state index contributed by atoms with van der Waals surface area (Å²) in [4.78, 5) is 14.4. The van der Waals surface area contributed by atoms with E-state index >= 15 is 0 Å². The number of hydrogen-bond acceptors (Lipinski definition) is 4. The van der Waals surface area contributed by atoms with Crippen molar-refractivity contribution in [2.45, 2.75) is 23.8 Å². The van der Waals surface area contributed by atoms with Gasteiger partial charge in [0.15, 0.2) is 0 Å². The SMILES string of the molecule is O=C(c1cccc(O)c1)N1CCC(NS(=O)(=O)c2ccccc2)CC1. The standard InChI is InChI=1S/C18H20N2O4S/c21-16-6-4-5-14(13-16)18(22)20-11-9-15(10-12-20)19-25(23,24)17-7-2-1-3-8-17/h1-8,13,15,19,21H,9-12H2. The molecule has 0 radical (unpaired) electrons. The number of sulfonamides is 1. The van der Waals surface area contributed by atoms with Gasteiger partial charge in [0.05, 0.1) is 4.90 Å². The van der Waals surface area contributed by atoms with Crippen LogP contribution in [0.15, 0.2) is 59.5 Å². The number of carbonyl (C=O) groups is 1. The van der Waals surface area contributed by atoms with Gasteiger partial charge in [0.25, 0.3) is 5.91 Å². The molecule has 1 amide bonds. The van der Waals surface area contributed by atoms with Crippen LogP contribution in [0.4, 0.5) is 0 Å². The van der Waals surface area contributed by atoms with Crippen molar-refractivity contribution in [2.75, 3.05) is 13.1 Å². The first-order chi connectivity index (χ1) is 12.0. The number of nitrogens with one attached hydrogen (secondary N) is 1. The zero-order chi connectivity index (χ0) is 17.9. The molecule has 0 unspecified atom stereocenters. The van der Waals surface area contributed by atoms with Crippen LogP contribution >= 0.6 is 0 Å². The van der Waals surface area contributed by atoms with Crippen LogP contribution in [-0.2, 0) is 10.0 Å². The number of phenolic OH excluding ortho intramolecular Hbond substituents is 1. The largest absolute Gasteiger partial charge is 0.508 e. The number of benzene rings is 2. The molecule has 2 aromatic carbocycles. The molecule has 132 valence electrons. The van der Waals surface area contributed by atoms with E-state index in [1.54, 1.807) is 47.4 Å². The Bertz CT molecular complexity index is 844.